The average Bonchev–Trinajstić information content (AvgIpc) is 3.65. The SMILES string of the molecule is Cc1ccc(CC(NC(=O)C2CC2)(c2cc(F)cc(OC(F)(F)C(F)F)c2)c2ccc(Cl)cn2)cc1. The molecular weight excluding hydrogens is 503 g/mol. The topological polar surface area (TPSA) is 51.2 Å². The fourth-order valence-corrected chi connectivity index (χ4v) is 4.00. The molecule has 0 aliphatic heterocycles. The molecule has 1 unspecified atom stereocenters. The second-order valence-corrected chi connectivity index (χ2v) is 9.27. The van der Waals surface area contributed by atoms with Gasteiger partial charge >= 0.3 is 12.5 Å². The molecule has 1 amide bonds. The zero-order valence-corrected chi connectivity index (χ0v) is 19.8. The normalized spacial score (nSPS) is 15.4. The smallest absolute Gasteiger partial charge is 0.428 e. The number of aryl methyl sites for hydroxylation is 1. The predicted octanol–water partition coefficient (Wildman–Crippen LogP) is 6.43. The van der Waals surface area contributed by atoms with Gasteiger partial charge < -0.3 is 10.1 Å². The van der Waals surface area contributed by atoms with Crippen LogP contribution in [0.5, 0.6) is 5.75 Å². The largest absolute Gasteiger partial charge is 0.461 e. The Kier molecular flexibility index (Phi) is 7.22. The zero-order valence-electron chi connectivity index (χ0n) is 19.1. The number of aromatic nitrogens is 1. The number of halogens is 6. The number of ether oxygens (including phenoxy) is 1. The number of benzene rings is 2. The average molecular weight is 525 g/mol. The van der Waals surface area contributed by atoms with Gasteiger partial charge in [-0.25, -0.2) is 4.39 Å². The van der Waals surface area contributed by atoms with Gasteiger partial charge in [-0.2, -0.15) is 17.6 Å². The molecule has 1 heterocycles. The van der Waals surface area contributed by atoms with Gasteiger partial charge in [0.05, 0.1) is 10.7 Å². The van der Waals surface area contributed by atoms with E-state index in [0.29, 0.717) is 23.9 Å². The molecule has 4 nitrogen and oxygen atoms in total. The van der Waals surface area contributed by atoms with E-state index in [2.05, 4.69) is 15.0 Å². The molecule has 10 heteroatoms. The highest BCUT2D eigenvalue weighted by atomic mass is 35.5. The van der Waals surface area contributed by atoms with Gasteiger partial charge in [0.2, 0.25) is 5.91 Å². The Hall–Kier alpha value is -3.20. The van der Waals surface area contributed by atoms with Crippen molar-refractivity contribution in [3.63, 3.8) is 0 Å². The van der Waals surface area contributed by atoms with Crippen molar-refractivity contribution >= 4 is 17.5 Å². The summed E-state index contributed by atoms with van der Waals surface area (Å²) in [5.74, 6) is -2.43. The summed E-state index contributed by atoms with van der Waals surface area (Å²) in [5.41, 5.74) is 0.384. The van der Waals surface area contributed by atoms with E-state index in [4.69, 9.17) is 11.6 Å². The van der Waals surface area contributed by atoms with Crippen LogP contribution in [0.2, 0.25) is 5.02 Å². The van der Waals surface area contributed by atoms with Gasteiger partial charge in [-0.05, 0) is 55.2 Å². The minimum Gasteiger partial charge on any atom is -0.428 e. The van der Waals surface area contributed by atoms with Gasteiger partial charge in [-0.15, -0.1) is 0 Å². The third-order valence-corrected chi connectivity index (χ3v) is 6.13. The molecule has 4 rings (SSSR count). The molecule has 1 N–H and O–H groups in total. The lowest BCUT2D eigenvalue weighted by molar-refractivity contribution is -0.253. The van der Waals surface area contributed by atoms with Gasteiger partial charge in [0, 0.05) is 24.6 Å². The monoisotopic (exact) mass is 524 g/mol. The van der Waals surface area contributed by atoms with Gasteiger partial charge in [-0.3, -0.25) is 9.78 Å². The molecule has 0 spiro atoms. The van der Waals surface area contributed by atoms with Crippen LogP contribution in [0.3, 0.4) is 0 Å². The first kappa shape index (κ1) is 25.9. The number of nitrogens with zero attached hydrogens (tertiary/aromatic N) is 1. The van der Waals surface area contributed by atoms with Crippen molar-refractivity contribution in [3.05, 3.63) is 94.0 Å². The summed E-state index contributed by atoms with van der Waals surface area (Å²) in [6.45, 7) is 1.89. The molecule has 3 aromatic rings. The lowest BCUT2D eigenvalue weighted by atomic mass is 9.80. The lowest BCUT2D eigenvalue weighted by Crippen LogP contribution is -2.50. The highest BCUT2D eigenvalue weighted by Gasteiger charge is 2.45. The van der Waals surface area contributed by atoms with Gasteiger partial charge in [0.15, 0.2) is 0 Å². The quantitative estimate of drug-likeness (QED) is 0.328. The second-order valence-electron chi connectivity index (χ2n) is 8.83. The maximum Gasteiger partial charge on any atom is 0.461 e. The second kappa shape index (κ2) is 10.0. The van der Waals surface area contributed by atoms with E-state index >= 15 is 0 Å². The Balaban J connectivity index is 1.90. The number of hydrogen-bond donors (Lipinski definition) is 1. The van der Waals surface area contributed by atoms with E-state index in [0.717, 1.165) is 23.3 Å². The van der Waals surface area contributed by atoms with Crippen LogP contribution in [0.15, 0.2) is 60.8 Å². The summed E-state index contributed by atoms with van der Waals surface area (Å²) in [4.78, 5) is 17.4. The molecule has 1 atom stereocenters. The summed E-state index contributed by atoms with van der Waals surface area (Å²) in [6.07, 6.45) is -6.26. The number of alkyl halides is 4. The molecule has 36 heavy (non-hydrogen) atoms. The van der Waals surface area contributed by atoms with Crippen LogP contribution in [0.4, 0.5) is 22.0 Å². The van der Waals surface area contributed by atoms with Crippen LogP contribution in [0, 0.1) is 18.7 Å². The summed E-state index contributed by atoms with van der Waals surface area (Å²) in [7, 11) is 0. The molecule has 190 valence electrons. The molecule has 1 fully saturated rings. The number of rotatable bonds is 9. The zero-order chi connectivity index (χ0) is 26.1. The molecule has 0 saturated heterocycles. The minimum atomic E-state index is -4.85. The summed E-state index contributed by atoms with van der Waals surface area (Å²) in [5, 5.41) is 3.25. The molecule has 1 aliphatic rings. The van der Waals surface area contributed by atoms with Gasteiger partial charge in [0.25, 0.3) is 0 Å². The molecule has 1 saturated carbocycles. The van der Waals surface area contributed by atoms with E-state index < -0.39 is 29.6 Å². The van der Waals surface area contributed by atoms with Crippen LogP contribution in [-0.4, -0.2) is 23.4 Å². The molecule has 2 aromatic carbocycles. The highest BCUT2D eigenvalue weighted by molar-refractivity contribution is 6.30. The van der Waals surface area contributed by atoms with E-state index in [9.17, 15) is 26.7 Å². The van der Waals surface area contributed by atoms with Crippen molar-refractivity contribution in [3.8, 4) is 5.75 Å². The van der Waals surface area contributed by atoms with Crippen molar-refractivity contribution in [2.75, 3.05) is 0 Å². The summed E-state index contributed by atoms with van der Waals surface area (Å²) < 4.78 is 71.8. The fraction of sp³-hybridized carbons (Fsp3) is 0.308. The standard InChI is InChI=1S/C26H22ClF5N2O2/c1-15-2-4-16(5-3-15)13-25(34-23(35)17-6-7-17,22-9-8-19(27)14-33-22)18-10-20(28)12-21(11-18)36-26(31,32)24(29)30/h2-5,8-12,14,17,24H,6-7,13H2,1H3,(H,34,35). The van der Waals surface area contributed by atoms with Crippen molar-refractivity contribution < 1.29 is 31.5 Å². The maximum absolute atomic E-state index is 14.7. The van der Waals surface area contributed by atoms with Crippen molar-refractivity contribution in [2.24, 2.45) is 5.92 Å². The van der Waals surface area contributed by atoms with Crippen molar-refractivity contribution in [1.29, 1.82) is 0 Å². The van der Waals surface area contributed by atoms with E-state index in [1.54, 1.807) is 0 Å². The van der Waals surface area contributed by atoms with Crippen LogP contribution in [0.1, 0.15) is 35.2 Å². The highest BCUT2D eigenvalue weighted by Crippen LogP contribution is 2.39. The third-order valence-electron chi connectivity index (χ3n) is 5.91. The van der Waals surface area contributed by atoms with E-state index in [1.165, 1.54) is 18.3 Å². The van der Waals surface area contributed by atoms with E-state index in [-0.39, 0.29) is 29.5 Å². The Morgan fingerprint density at radius 1 is 1.14 bits per heavy atom. The van der Waals surface area contributed by atoms with Crippen LogP contribution >= 0.6 is 11.6 Å². The van der Waals surface area contributed by atoms with Crippen LogP contribution in [0.25, 0.3) is 0 Å². The Morgan fingerprint density at radius 3 is 2.42 bits per heavy atom. The summed E-state index contributed by atoms with van der Waals surface area (Å²) >= 11 is 6.02. The number of pyridine rings is 1. The Bertz CT molecular complexity index is 1230. The van der Waals surface area contributed by atoms with Crippen molar-refractivity contribution in [1.82, 2.24) is 10.3 Å². The number of hydrogen-bond acceptors (Lipinski definition) is 3. The number of amides is 1. The molecule has 0 bridgehead atoms. The maximum atomic E-state index is 14.7. The Labute approximate surface area is 209 Å². The van der Waals surface area contributed by atoms with Crippen LogP contribution in [-0.2, 0) is 16.8 Å². The number of carbonyl (C=O) groups excluding carboxylic acids is 1. The lowest BCUT2D eigenvalue weighted by Gasteiger charge is -2.36. The minimum absolute atomic E-state index is 0.00744. The van der Waals surface area contributed by atoms with E-state index in [1.807, 2.05) is 31.2 Å². The molecule has 0 radical (unpaired) electrons. The summed E-state index contributed by atoms with van der Waals surface area (Å²) in [6, 6.07) is 13.0. The molecule has 1 aliphatic carbocycles. The first-order valence-corrected chi connectivity index (χ1v) is 11.5. The molecular formula is C26H22ClF5N2O2. The van der Waals surface area contributed by atoms with Gasteiger partial charge in [-0.1, -0.05) is 41.4 Å². The van der Waals surface area contributed by atoms with Crippen LogP contribution < -0.4 is 10.1 Å². The first-order valence-electron chi connectivity index (χ1n) is 11.1. The first-order chi connectivity index (χ1) is 17.0. The number of carbonyl (C=O) groups is 1. The molecule has 1 aromatic heterocycles. The third kappa shape index (κ3) is 5.78. The van der Waals surface area contributed by atoms with Crippen molar-refractivity contribution in [2.45, 2.75) is 44.3 Å². The predicted molar refractivity (Wildman–Crippen MR) is 124 cm³/mol. The number of nitrogens with one attached hydrogen (secondary N) is 1. The van der Waals surface area contributed by atoms with Gasteiger partial charge in [0.1, 0.15) is 17.1 Å². The Morgan fingerprint density at radius 2 is 1.83 bits per heavy atom. The fourth-order valence-electron chi connectivity index (χ4n) is 3.89.